The van der Waals surface area contributed by atoms with Gasteiger partial charge in [-0.05, 0) is 36.8 Å². The minimum absolute atomic E-state index is 0.129. The Morgan fingerprint density at radius 3 is 2.18 bits per heavy atom. The molecule has 0 radical (unpaired) electrons. The molecular weight excluding hydrogens is 320 g/mol. The summed E-state index contributed by atoms with van der Waals surface area (Å²) >= 11 is 5.82. The first-order chi connectivity index (χ1) is 10.4. The molecule has 0 aromatic heterocycles. The summed E-state index contributed by atoms with van der Waals surface area (Å²) in [7, 11) is -3.47. The van der Waals surface area contributed by atoms with E-state index < -0.39 is 15.1 Å². The molecule has 0 amide bonds. The van der Waals surface area contributed by atoms with Crippen LogP contribution in [0.3, 0.4) is 0 Å². The Labute approximate surface area is 135 Å². The van der Waals surface area contributed by atoms with Gasteiger partial charge in [-0.15, -0.1) is 0 Å². The summed E-state index contributed by atoms with van der Waals surface area (Å²) < 4.78 is 25.5. The Morgan fingerprint density at radius 2 is 1.64 bits per heavy atom. The molecule has 2 aromatic rings. The summed E-state index contributed by atoms with van der Waals surface area (Å²) in [5.74, 6) is -0.394. The van der Waals surface area contributed by atoms with Crippen LogP contribution in [0.4, 0.5) is 0 Å². The number of benzene rings is 2. The molecule has 3 nitrogen and oxygen atoms in total. The lowest BCUT2D eigenvalue weighted by molar-refractivity contribution is 0.274. The fourth-order valence-corrected chi connectivity index (χ4v) is 5.32. The molecule has 0 bridgehead atoms. The van der Waals surface area contributed by atoms with Crippen molar-refractivity contribution < 1.29 is 13.5 Å². The van der Waals surface area contributed by atoms with E-state index >= 15 is 0 Å². The molecule has 1 fully saturated rings. The van der Waals surface area contributed by atoms with Crippen LogP contribution in [-0.2, 0) is 9.84 Å². The molecule has 1 N–H and O–H groups in total. The van der Waals surface area contributed by atoms with Gasteiger partial charge in [-0.2, -0.15) is 0 Å². The van der Waals surface area contributed by atoms with E-state index in [1.54, 1.807) is 12.1 Å². The topological polar surface area (TPSA) is 54.4 Å². The Morgan fingerprint density at radius 1 is 1.05 bits per heavy atom. The van der Waals surface area contributed by atoms with E-state index in [0.29, 0.717) is 5.02 Å². The third-order valence-electron chi connectivity index (χ3n) is 4.27. The zero-order valence-corrected chi connectivity index (χ0v) is 13.7. The Kier molecular flexibility index (Phi) is 4.02. The number of sulfone groups is 1. The second-order valence-electron chi connectivity index (χ2n) is 5.75. The Hall–Kier alpha value is -1.36. The van der Waals surface area contributed by atoms with Crippen molar-refractivity contribution in [2.24, 2.45) is 5.92 Å². The number of hydrogen-bond donors (Lipinski definition) is 1. The first-order valence-electron chi connectivity index (χ1n) is 7.12. The summed E-state index contributed by atoms with van der Waals surface area (Å²) in [5.41, 5.74) is 2.09. The van der Waals surface area contributed by atoms with Crippen LogP contribution < -0.4 is 0 Å². The van der Waals surface area contributed by atoms with E-state index in [-0.39, 0.29) is 23.3 Å². The standard InChI is InChI=1S/C17H17ClO3S/c1-11-2-4-12(5-3-11)16-15(10-19)17(16)22(20,21)14-8-6-13(18)7-9-14/h2-9,15-17,19H,10H2,1H3/t15-,16-,17+/m1/s1. The minimum Gasteiger partial charge on any atom is -0.396 e. The van der Waals surface area contributed by atoms with Crippen LogP contribution in [0.25, 0.3) is 0 Å². The van der Waals surface area contributed by atoms with E-state index in [2.05, 4.69) is 0 Å². The first-order valence-corrected chi connectivity index (χ1v) is 9.04. The van der Waals surface area contributed by atoms with Gasteiger partial charge < -0.3 is 5.11 Å². The smallest absolute Gasteiger partial charge is 0.182 e. The van der Waals surface area contributed by atoms with Gasteiger partial charge in [0.15, 0.2) is 9.84 Å². The molecule has 3 atom stereocenters. The van der Waals surface area contributed by atoms with E-state index in [1.807, 2.05) is 31.2 Å². The maximum absolute atomic E-state index is 12.8. The molecule has 0 saturated heterocycles. The molecule has 1 saturated carbocycles. The molecule has 116 valence electrons. The van der Waals surface area contributed by atoms with Gasteiger partial charge >= 0.3 is 0 Å². The van der Waals surface area contributed by atoms with Gasteiger partial charge in [0, 0.05) is 23.5 Å². The zero-order valence-electron chi connectivity index (χ0n) is 12.1. The van der Waals surface area contributed by atoms with Gasteiger partial charge in [0.2, 0.25) is 0 Å². The van der Waals surface area contributed by atoms with E-state index in [0.717, 1.165) is 11.1 Å². The average Bonchev–Trinajstić information content (AvgIpc) is 3.24. The van der Waals surface area contributed by atoms with Gasteiger partial charge in [0.25, 0.3) is 0 Å². The summed E-state index contributed by atoms with van der Waals surface area (Å²) in [6, 6.07) is 14.0. The van der Waals surface area contributed by atoms with Gasteiger partial charge in [-0.25, -0.2) is 8.42 Å². The lowest BCUT2D eigenvalue weighted by Crippen LogP contribution is -2.11. The van der Waals surface area contributed by atoms with Crippen molar-refractivity contribution in [2.45, 2.75) is 23.0 Å². The highest BCUT2D eigenvalue weighted by Gasteiger charge is 2.58. The third-order valence-corrected chi connectivity index (χ3v) is 6.81. The van der Waals surface area contributed by atoms with Crippen molar-refractivity contribution in [3.8, 4) is 0 Å². The molecule has 22 heavy (non-hydrogen) atoms. The normalized spacial score (nSPS) is 24.2. The minimum atomic E-state index is -3.47. The van der Waals surface area contributed by atoms with Gasteiger partial charge in [0.1, 0.15) is 0 Å². The maximum Gasteiger partial charge on any atom is 0.182 e. The molecule has 2 aromatic carbocycles. The van der Waals surface area contributed by atoms with Crippen molar-refractivity contribution in [3.05, 3.63) is 64.7 Å². The second-order valence-corrected chi connectivity index (χ2v) is 8.29. The van der Waals surface area contributed by atoms with E-state index in [4.69, 9.17) is 11.6 Å². The zero-order chi connectivity index (χ0) is 15.9. The van der Waals surface area contributed by atoms with Crippen LogP contribution in [0, 0.1) is 12.8 Å². The average molecular weight is 337 g/mol. The summed E-state index contributed by atoms with van der Waals surface area (Å²) in [5, 5.41) is 9.47. The van der Waals surface area contributed by atoms with Crippen molar-refractivity contribution in [2.75, 3.05) is 6.61 Å². The lowest BCUT2D eigenvalue weighted by Gasteiger charge is -2.05. The third kappa shape index (κ3) is 2.67. The van der Waals surface area contributed by atoms with Gasteiger partial charge in [0.05, 0.1) is 10.1 Å². The molecule has 0 spiro atoms. The number of aryl methyl sites for hydroxylation is 1. The van der Waals surface area contributed by atoms with E-state index in [1.165, 1.54) is 12.1 Å². The maximum atomic E-state index is 12.8. The molecule has 1 aliphatic rings. The highest BCUT2D eigenvalue weighted by atomic mass is 35.5. The summed E-state index contributed by atoms with van der Waals surface area (Å²) in [4.78, 5) is 0.259. The number of aliphatic hydroxyl groups excluding tert-OH is 1. The number of hydrogen-bond acceptors (Lipinski definition) is 3. The van der Waals surface area contributed by atoms with Crippen LogP contribution in [0.5, 0.6) is 0 Å². The van der Waals surface area contributed by atoms with E-state index in [9.17, 15) is 13.5 Å². The molecule has 5 heteroatoms. The molecule has 3 rings (SSSR count). The highest BCUT2D eigenvalue weighted by Crippen LogP contribution is 2.53. The fourth-order valence-electron chi connectivity index (χ4n) is 2.99. The lowest BCUT2D eigenvalue weighted by atomic mass is 10.1. The SMILES string of the molecule is Cc1ccc([C@@H]2[C@@H](CO)[C@@H]2S(=O)(=O)c2ccc(Cl)cc2)cc1. The fraction of sp³-hybridized carbons (Fsp3) is 0.294. The van der Waals surface area contributed by atoms with Crippen molar-refractivity contribution in [3.63, 3.8) is 0 Å². The van der Waals surface area contributed by atoms with Crippen LogP contribution in [0.15, 0.2) is 53.4 Å². The second kappa shape index (κ2) is 5.69. The molecule has 0 unspecified atom stereocenters. The molecule has 0 heterocycles. The number of rotatable bonds is 4. The highest BCUT2D eigenvalue weighted by molar-refractivity contribution is 7.92. The van der Waals surface area contributed by atoms with Crippen LogP contribution >= 0.6 is 11.6 Å². The summed E-state index contributed by atoms with van der Waals surface area (Å²) in [6.07, 6.45) is 0. The van der Waals surface area contributed by atoms with Crippen LogP contribution in [0.2, 0.25) is 5.02 Å². The van der Waals surface area contributed by atoms with Crippen LogP contribution in [0.1, 0.15) is 17.0 Å². The molecular formula is C17H17ClO3S. The van der Waals surface area contributed by atoms with Crippen molar-refractivity contribution in [1.82, 2.24) is 0 Å². The Bertz CT molecular complexity index is 767. The van der Waals surface area contributed by atoms with Gasteiger partial charge in [-0.1, -0.05) is 41.4 Å². The summed E-state index contributed by atoms with van der Waals surface area (Å²) in [6.45, 7) is 1.86. The van der Waals surface area contributed by atoms with Gasteiger partial charge in [-0.3, -0.25) is 0 Å². The predicted octanol–water partition coefficient (Wildman–Crippen LogP) is 3.20. The Balaban J connectivity index is 1.93. The molecule has 0 aliphatic heterocycles. The largest absolute Gasteiger partial charge is 0.396 e. The molecule has 1 aliphatic carbocycles. The monoisotopic (exact) mass is 336 g/mol. The number of aliphatic hydroxyl groups is 1. The number of halogens is 1. The first kappa shape index (κ1) is 15.5. The quantitative estimate of drug-likeness (QED) is 0.932. The predicted molar refractivity (Wildman–Crippen MR) is 86.9 cm³/mol. The van der Waals surface area contributed by atoms with Crippen molar-refractivity contribution in [1.29, 1.82) is 0 Å². The van der Waals surface area contributed by atoms with Crippen molar-refractivity contribution >= 4 is 21.4 Å². The van der Waals surface area contributed by atoms with Crippen LogP contribution in [-0.4, -0.2) is 25.4 Å².